The first-order valence-corrected chi connectivity index (χ1v) is 18.0. The Kier molecular flexibility index (Phi) is 9.93. The summed E-state index contributed by atoms with van der Waals surface area (Å²) in [6.07, 6.45) is 0. The Bertz CT molecular complexity index is 2160. The van der Waals surface area contributed by atoms with E-state index in [1.54, 1.807) is 12.1 Å². The van der Waals surface area contributed by atoms with Crippen LogP contribution in [0.15, 0.2) is 146 Å². The SMILES string of the molecule is COC(=O)c1cc2c(cc1C)OC(c1ccccc1)(c1ccccc1)O2.COC(=O)c1cc2c(cc1CBr)OC(c1ccccc1)(c1ccccc1)O2. The van der Waals surface area contributed by atoms with Crippen LogP contribution in [-0.2, 0) is 26.4 Å². The Hall–Kier alpha value is -6.06. The van der Waals surface area contributed by atoms with Gasteiger partial charge in [0.15, 0.2) is 23.0 Å². The molecule has 0 saturated carbocycles. The Balaban J connectivity index is 0.000000164. The lowest BCUT2D eigenvalue weighted by Gasteiger charge is -2.28. The van der Waals surface area contributed by atoms with E-state index < -0.39 is 23.5 Å². The summed E-state index contributed by atoms with van der Waals surface area (Å²) in [5.41, 5.74) is 5.96. The van der Waals surface area contributed by atoms with Crippen LogP contribution in [0.3, 0.4) is 0 Å². The smallest absolute Gasteiger partial charge is 0.338 e. The summed E-state index contributed by atoms with van der Waals surface area (Å²) in [4.78, 5) is 24.2. The lowest BCUT2D eigenvalue weighted by molar-refractivity contribution is -0.0462. The van der Waals surface area contributed by atoms with Gasteiger partial charge in [-0.3, -0.25) is 0 Å². The van der Waals surface area contributed by atoms with Crippen molar-refractivity contribution < 1.29 is 38.0 Å². The molecule has 53 heavy (non-hydrogen) atoms. The first-order chi connectivity index (χ1) is 25.8. The molecular weight excluding hydrogens is 736 g/mol. The molecule has 0 aromatic heterocycles. The number of carbonyl (C=O) groups excluding carboxylic acids is 2. The van der Waals surface area contributed by atoms with Gasteiger partial charge in [0.05, 0.1) is 25.3 Å². The summed E-state index contributed by atoms with van der Waals surface area (Å²) in [6.45, 7) is 1.85. The number of hydrogen-bond donors (Lipinski definition) is 0. The highest BCUT2D eigenvalue weighted by Gasteiger charge is 2.47. The van der Waals surface area contributed by atoms with Crippen molar-refractivity contribution in [3.63, 3.8) is 0 Å². The zero-order chi connectivity index (χ0) is 37.0. The van der Waals surface area contributed by atoms with Gasteiger partial charge in [0, 0.05) is 27.6 Å². The third-order valence-electron chi connectivity index (χ3n) is 9.04. The molecule has 0 N–H and O–H groups in total. The van der Waals surface area contributed by atoms with E-state index in [0.29, 0.717) is 39.5 Å². The zero-order valence-electron chi connectivity index (χ0n) is 29.2. The number of ether oxygens (including phenoxy) is 6. The van der Waals surface area contributed by atoms with Gasteiger partial charge >= 0.3 is 23.5 Å². The van der Waals surface area contributed by atoms with Crippen molar-refractivity contribution in [2.24, 2.45) is 0 Å². The summed E-state index contributed by atoms with van der Waals surface area (Å²) >= 11 is 3.43. The molecule has 0 aliphatic carbocycles. The predicted octanol–water partition coefficient (Wildman–Crippen LogP) is 9.49. The Morgan fingerprint density at radius 1 is 0.509 bits per heavy atom. The van der Waals surface area contributed by atoms with Crippen molar-refractivity contribution in [3.05, 3.63) is 190 Å². The van der Waals surface area contributed by atoms with E-state index in [-0.39, 0.29) is 0 Å². The van der Waals surface area contributed by atoms with Gasteiger partial charge in [-0.15, -0.1) is 0 Å². The van der Waals surface area contributed by atoms with E-state index in [1.807, 2.05) is 140 Å². The second-order valence-electron chi connectivity index (χ2n) is 12.3. The maximum absolute atomic E-state index is 12.2. The molecule has 0 fully saturated rings. The normalized spacial score (nSPS) is 14.0. The molecule has 8 nitrogen and oxygen atoms in total. The molecule has 0 atom stereocenters. The fourth-order valence-electron chi connectivity index (χ4n) is 6.42. The third kappa shape index (κ3) is 6.60. The summed E-state index contributed by atoms with van der Waals surface area (Å²) in [5, 5.41) is 0.498. The van der Waals surface area contributed by atoms with Crippen LogP contribution in [0.5, 0.6) is 23.0 Å². The molecular formula is C44H35BrO8. The van der Waals surface area contributed by atoms with Gasteiger partial charge in [-0.1, -0.05) is 137 Å². The highest BCUT2D eigenvalue weighted by atomic mass is 79.9. The van der Waals surface area contributed by atoms with Gasteiger partial charge in [-0.2, -0.15) is 0 Å². The molecule has 0 unspecified atom stereocenters. The number of rotatable bonds is 7. The topological polar surface area (TPSA) is 89.5 Å². The van der Waals surface area contributed by atoms with Crippen molar-refractivity contribution in [2.75, 3.05) is 14.2 Å². The second kappa shape index (κ2) is 14.9. The molecule has 0 saturated heterocycles. The number of hydrogen-bond acceptors (Lipinski definition) is 8. The van der Waals surface area contributed by atoms with Gasteiger partial charge < -0.3 is 28.4 Å². The number of benzene rings is 6. The van der Waals surface area contributed by atoms with Crippen LogP contribution in [0.25, 0.3) is 0 Å². The summed E-state index contributed by atoms with van der Waals surface area (Å²) < 4.78 is 35.2. The largest absolute Gasteiger partial charge is 0.465 e. The standard InChI is InChI=1S/C22H17BrO4.C22H18O4/c1-25-21(24)18-13-20-19(12-15(18)14-23)26-22(27-20,16-8-4-2-5-9-16)17-10-6-3-7-11-17;1-15-13-19-20(14-18(15)21(23)24-2)26-22(25-19,16-9-5-3-6-10-16)17-11-7-4-8-12-17/h2-13H,14H2,1H3;3-14H,1-2H3. The maximum atomic E-state index is 12.2. The first-order valence-electron chi connectivity index (χ1n) is 16.8. The average Bonchev–Trinajstić information content (AvgIpc) is 3.80. The Labute approximate surface area is 316 Å². The van der Waals surface area contributed by atoms with Gasteiger partial charge in [-0.25, -0.2) is 9.59 Å². The van der Waals surface area contributed by atoms with Crippen LogP contribution in [0, 0.1) is 6.92 Å². The number of esters is 2. The van der Waals surface area contributed by atoms with Gasteiger partial charge in [0.1, 0.15) is 0 Å². The van der Waals surface area contributed by atoms with E-state index in [1.165, 1.54) is 14.2 Å². The van der Waals surface area contributed by atoms with Crippen LogP contribution in [0.1, 0.15) is 54.1 Å². The summed E-state index contributed by atoms with van der Waals surface area (Å²) in [5.74, 6) is -0.794. The molecule has 6 aromatic carbocycles. The molecule has 2 aliphatic rings. The zero-order valence-corrected chi connectivity index (χ0v) is 30.8. The van der Waals surface area contributed by atoms with Crippen LogP contribution in [0.4, 0.5) is 0 Å². The number of carbonyl (C=O) groups is 2. The van der Waals surface area contributed by atoms with E-state index in [2.05, 4.69) is 15.9 Å². The number of methoxy groups -OCH3 is 2. The minimum atomic E-state index is -1.11. The van der Waals surface area contributed by atoms with Crippen molar-refractivity contribution in [3.8, 4) is 23.0 Å². The maximum Gasteiger partial charge on any atom is 0.338 e. The molecule has 9 heteroatoms. The van der Waals surface area contributed by atoms with E-state index in [4.69, 9.17) is 28.4 Å². The summed E-state index contributed by atoms with van der Waals surface area (Å²) in [6, 6.07) is 46.1. The molecule has 0 amide bonds. The molecule has 8 rings (SSSR count). The average molecular weight is 772 g/mol. The molecule has 0 radical (unpaired) electrons. The van der Waals surface area contributed by atoms with E-state index in [9.17, 15) is 9.59 Å². The number of halogens is 1. The lowest BCUT2D eigenvalue weighted by Crippen LogP contribution is -2.36. The molecule has 266 valence electrons. The molecule has 0 spiro atoms. The van der Waals surface area contributed by atoms with Gasteiger partial charge in [-0.05, 0) is 42.3 Å². The van der Waals surface area contributed by atoms with Crippen LogP contribution in [0.2, 0.25) is 0 Å². The first kappa shape index (κ1) is 35.3. The monoisotopic (exact) mass is 770 g/mol. The molecule has 2 aliphatic heterocycles. The van der Waals surface area contributed by atoms with Crippen LogP contribution < -0.4 is 18.9 Å². The van der Waals surface area contributed by atoms with E-state index in [0.717, 1.165) is 33.4 Å². The Morgan fingerprint density at radius 2 is 0.830 bits per heavy atom. The highest BCUT2D eigenvalue weighted by molar-refractivity contribution is 9.08. The van der Waals surface area contributed by atoms with Crippen molar-refractivity contribution in [1.29, 1.82) is 0 Å². The Morgan fingerprint density at radius 3 is 1.19 bits per heavy atom. The highest BCUT2D eigenvalue weighted by Crippen LogP contribution is 2.50. The van der Waals surface area contributed by atoms with Crippen molar-refractivity contribution in [1.82, 2.24) is 0 Å². The number of aryl methyl sites for hydroxylation is 1. The second-order valence-corrected chi connectivity index (χ2v) is 12.9. The van der Waals surface area contributed by atoms with Crippen molar-refractivity contribution in [2.45, 2.75) is 23.8 Å². The van der Waals surface area contributed by atoms with Crippen molar-refractivity contribution >= 4 is 27.9 Å². The molecule has 0 bridgehead atoms. The number of alkyl halides is 1. The predicted molar refractivity (Wildman–Crippen MR) is 203 cm³/mol. The van der Waals surface area contributed by atoms with Crippen LogP contribution >= 0.6 is 15.9 Å². The number of fused-ring (bicyclic) bond motifs is 2. The van der Waals surface area contributed by atoms with Gasteiger partial charge in [0.2, 0.25) is 0 Å². The minimum absolute atomic E-state index is 0.397. The van der Waals surface area contributed by atoms with Crippen LogP contribution in [-0.4, -0.2) is 26.2 Å². The van der Waals surface area contributed by atoms with E-state index >= 15 is 0 Å². The van der Waals surface area contributed by atoms with Gasteiger partial charge in [0.25, 0.3) is 0 Å². The lowest BCUT2D eigenvalue weighted by atomic mass is 9.97. The summed E-state index contributed by atoms with van der Waals surface area (Å²) in [7, 11) is 2.73. The minimum Gasteiger partial charge on any atom is -0.465 e. The fraction of sp³-hybridized carbons (Fsp3) is 0.136. The molecule has 6 aromatic rings. The third-order valence-corrected chi connectivity index (χ3v) is 9.65. The fourth-order valence-corrected chi connectivity index (χ4v) is 6.88. The quantitative estimate of drug-likeness (QED) is 0.117. The molecule has 2 heterocycles.